The molecule has 0 spiro atoms. The monoisotopic (exact) mass is 281 g/mol. The summed E-state index contributed by atoms with van der Waals surface area (Å²) in [6.45, 7) is 0. The Bertz CT molecular complexity index is 896. The van der Waals surface area contributed by atoms with E-state index in [4.69, 9.17) is 4.42 Å². The van der Waals surface area contributed by atoms with Crippen LogP contribution < -0.4 is 5.63 Å². The van der Waals surface area contributed by atoms with E-state index in [0.717, 1.165) is 5.39 Å². The maximum Gasteiger partial charge on any atom is 0.362 e. The third kappa shape index (κ3) is 2.49. The van der Waals surface area contributed by atoms with Gasteiger partial charge in [0.1, 0.15) is 11.3 Å². The van der Waals surface area contributed by atoms with Crippen LogP contribution in [0, 0.1) is 0 Å². The first-order valence-corrected chi connectivity index (χ1v) is 6.23. The van der Waals surface area contributed by atoms with Crippen molar-refractivity contribution in [1.29, 1.82) is 0 Å². The summed E-state index contributed by atoms with van der Waals surface area (Å²) < 4.78 is 5.15. The van der Waals surface area contributed by atoms with Crippen LogP contribution in [0.15, 0.2) is 62.7 Å². The normalized spacial score (nSPS) is 11.2. The van der Waals surface area contributed by atoms with Crippen molar-refractivity contribution in [3.8, 4) is 11.5 Å². The van der Waals surface area contributed by atoms with Crippen LogP contribution in [0.25, 0.3) is 11.0 Å². The Kier molecular flexibility index (Phi) is 3.16. The predicted molar refractivity (Wildman–Crippen MR) is 79.5 cm³/mol. The number of aliphatic imine (C=N–C) groups is 1. The topological polar surface area (TPSA) is 83.0 Å². The lowest BCUT2D eigenvalue weighted by Crippen LogP contribution is -1.98. The summed E-state index contributed by atoms with van der Waals surface area (Å²) in [5, 5.41) is 19.8. The maximum atomic E-state index is 11.8. The van der Waals surface area contributed by atoms with Gasteiger partial charge in [-0.25, -0.2) is 9.79 Å². The fourth-order valence-electron chi connectivity index (χ4n) is 1.93. The van der Waals surface area contributed by atoms with Crippen LogP contribution in [-0.2, 0) is 0 Å². The highest BCUT2D eigenvalue weighted by Gasteiger charge is 2.05. The smallest absolute Gasteiger partial charge is 0.362 e. The molecule has 0 bridgehead atoms. The summed E-state index contributed by atoms with van der Waals surface area (Å²) in [6, 6.07) is 13.2. The van der Waals surface area contributed by atoms with E-state index in [1.54, 1.807) is 30.3 Å². The summed E-state index contributed by atoms with van der Waals surface area (Å²) >= 11 is 0. The van der Waals surface area contributed by atoms with Gasteiger partial charge in [-0.2, -0.15) is 0 Å². The predicted octanol–water partition coefficient (Wildman–Crippen LogP) is 2.95. The molecule has 21 heavy (non-hydrogen) atoms. The number of phenolic OH excluding ortho intramolecular Hbond substituents is 2. The second-order valence-electron chi connectivity index (χ2n) is 4.43. The quantitative estimate of drug-likeness (QED) is 0.430. The maximum absolute atomic E-state index is 11.8. The zero-order chi connectivity index (χ0) is 14.8. The molecule has 0 saturated carbocycles. The zero-order valence-corrected chi connectivity index (χ0v) is 10.9. The van der Waals surface area contributed by atoms with E-state index >= 15 is 0 Å². The van der Waals surface area contributed by atoms with Crippen molar-refractivity contribution in [2.45, 2.75) is 0 Å². The van der Waals surface area contributed by atoms with E-state index in [0.29, 0.717) is 11.1 Å². The number of para-hydroxylation sites is 2. The van der Waals surface area contributed by atoms with E-state index in [1.165, 1.54) is 12.3 Å². The van der Waals surface area contributed by atoms with Crippen LogP contribution in [0.1, 0.15) is 5.56 Å². The molecule has 3 aromatic rings. The van der Waals surface area contributed by atoms with Crippen LogP contribution in [0.4, 0.5) is 5.69 Å². The van der Waals surface area contributed by atoms with E-state index in [9.17, 15) is 15.0 Å². The van der Waals surface area contributed by atoms with Crippen molar-refractivity contribution in [3.63, 3.8) is 0 Å². The Morgan fingerprint density at radius 1 is 1.05 bits per heavy atom. The number of hydrogen-bond donors (Lipinski definition) is 2. The molecule has 5 nitrogen and oxygen atoms in total. The molecule has 2 N–H and O–H groups in total. The molecule has 2 aromatic carbocycles. The minimum absolute atomic E-state index is 0.122. The van der Waals surface area contributed by atoms with Crippen molar-refractivity contribution < 1.29 is 14.6 Å². The number of benzene rings is 2. The number of fused-ring (bicyclic) bond motifs is 1. The Balaban J connectivity index is 2.05. The summed E-state index contributed by atoms with van der Waals surface area (Å²) in [4.78, 5) is 15.8. The van der Waals surface area contributed by atoms with Gasteiger partial charge in [0.25, 0.3) is 0 Å². The highest BCUT2D eigenvalue weighted by molar-refractivity contribution is 5.87. The molecule has 5 heteroatoms. The standard InChI is InChI=1S/C16H11NO4/c18-13-6-3-5-11(15(13)19)9-17-12-8-10-4-1-2-7-14(10)21-16(12)20/h1-9,18-19H. The zero-order valence-electron chi connectivity index (χ0n) is 10.9. The molecule has 104 valence electrons. The first-order chi connectivity index (χ1) is 10.1. The first-order valence-electron chi connectivity index (χ1n) is 6.23. The molecule has 0 fully saturated rings. The molecule has 0 aliphatic heterocycles. The van der Waals surface area contributed by atoms with Crippen LogP contribution in [0.3, 0.4) is 0 Å². The Hall–Kier alpha value is -3.08. The number of hydrogen-bond acceptors (Lipinski definition) is 5. The van der Waals surface area contributed by atoms with Gasteiger partial charge in [0.15, 0.2) is 11.5 Å². The van der Waals surface area contributed by atoms with Crippen LogP contribution in [0.2, 0.25) is 0 Å². The minimum atomic E-state index is -0.565. The van der Waals surface area contributed by atoms with Gasteiger partial charge in [0.05, 0.1) is 0 Å². The Morgan fingerprint density at radius 3 is 2.71 bits per heavy atom. The van der Waals surface area contributed by atoms with E-state index < -0.39 is 5.63 Å². The lowest BCUT2D eigenvalue weighted by molar-refractivity contribution is 0.403. The third-order valence-electron chi connectivity index (χ3n) is 3.01. The first kappa shape index (κ1) is 12.9. The highest BCUT2D eigenvalue weighted by Crippen LogP contribution is 2.27. The molecule has 0 radical (unpaired) electrons. The van der Waals surface area contributed by atoms with Crippen molar-refractivity contribution >= 4 is 22.9 Å². The van der Waals surface area contributed by atoms with Crippen molar-refractivity contribution in [1.82, 2.24) is 0 Å². The number of nitrogens with zero attached hydrogens (tertiary/aromatic N) is 1. The van der Waals surface area contributed by atoms with E-state index in [2.05, 4.69) is 4.99 Å². The Labute approximate surface area is 119 Å². The summed E-state index contributed by atoms with van der Waals surface area (Å²) in [5.74, 6) is -0.532. The van der Waals surface area contributed by atoms with E-state index in [1.807, 2.05) is 12.1 Å². The lowest BCUT2D eigenvalue weighted by Gasteiger charge is -2.00. The van der Waals surface area contributed by atoms with Gasteiger partial charge in [-0.1, -0.05) is 24.3 Å². The summed E-state index contributed by atoms with van der Waals surface area (Å²) in [5.41, 5.74) is 0.352. The molecule has 1 aromatic heterocycles. The molecule has 0 aliphatic carbocycles. The summed E-state index contributed by atoms with van der Waals surface area (Å²) in [6.07, 6.45) is 1.30. The average molecular weight is 281 g/mol. The molecule has 1 heterocycles. The van der Waals surface area contributed by atoms with E-state index in [-0.39, 0.29) is 17.2 Å². The van der Waals surface area contributed by atoms with Crippen molar-refractivity contribution in [2.75, 3.05) is 0 Å². The van der Waals surface area contributed by atoms with Crippen LogP contribution in [-0.4, -0.2) is 16.4 Å². The Morgan fingerprint density at radius 2 is 1.86 bits per heavy atom. The fourth-order valence-corrected chi connectivity index (χ4v) is 1.93. The second kappa shape index (κ2) is 5.13. The summed E-state index contributed by atoms with van der Waals surface area (Å²) in [7, 11) is 0. The van der Waals surface area contributed by atoms with Gasteiger partial charge < -0.3 is 14.6 Å². The molecular formula is C16H11NO4. The molecular weight excluding hydrogens is 270 g/mol. The lowest BCUT2D eigenvalue weighted by atomic mass is 10.2. The fraction of sp³-hybridized carbons (Fsp3) is 0. The third-order valence-corrected chi connectivity index (χ3v) is 3.01. The number of aromatic hydroxyl groups is 2. The molecule has 0 saturated heterocycles. The molecule has 0 unspecified atom stereocenters. The van der Waals surface area contributed by atoms with Gasteiger partial charge in [-0.3, -0.25) is 0 Å². The molecule has 0 aliphatic rings. The van der Waals surface area contributed by atoms with Crippen LogP contribution in [0.5, 0.6) is 11.5 Å². The van der Waals surface area contributed by atoms with Gasteiger partial charge in [-0.15, -0.1) is 0 Å². The molecule has 0 atom stereocenters. The van der Waals surface area contributed by atoms with Crippen molar-refractivity contribution in [2.24, 2.45) is 4.99 Å². The highest BCUT2D eigenvalue weighted by atomic mass is 16.4. The van der Waals surface area contributed by atoms with Gasteiger partial charge in [0, 0.05) is 17.2 Å². The SMILES string of the molecule is O=c1oc2ccccc2cc1N=Cc1cccc(O)c1O. The van der Waals surface area contributed by atoms with Crippen LogP contribution >= 0.6 is 0 Å². The van der Waals surface area contributed by atoms with Gasteiger partial charge in [-0.05, 0) is 24.3 Å². The largest absolute Gasteiger partial charge is 0.504 e. The van der Waals surface area contributed by atoms with Gasteiger partial charge in [0.2, 0.25) is 0 Å². The second-order valence-corrected chi connectivity index (χ2v) is 4.43. The number of rotatable bonds is 2. The van der Waals surface area contributed by atoms with Gasteiger partial charge >= 0.3 is 5.63 Å². The van der Waals surface area contributed by atoms with Crippen molar-refractivity contribution in [3.05, 3.63) is 64.5 Å². The molecule has 0 amide bonds. The minimum Gasteiger partial charge on any atom is -0.504 e. The number of phenols is 2. The average Bonchev–Trinajstić information content (AvgIpc) is 2.49. The molecule has 3 rings (SSSR count).